The molecule has 0 bridgehead atoms. The minimum atomic E-state index is -3.36. The van der Waals surface area contributed by atoms with Crippen LogP contribution in [-0.2, 0) is 10.2 Å². The van der Waals surface area contributed by atoms with Gasteiger partial charge in [0.2, 0.25) is 0 Å². The molecule has 2 aliphatic carbocycles. The predicted octanol–water partition coefficient (Wildman–Crippen LogP) is 0.465. The van der Waals surface area contributed by atoms with Gasteiger partial charge in [-0.1, -0.05) is 6.92 Å². The SMILES string of the molecule is CC1CC(NS(=O)(=O)N2C[C@H]3C[C@@]3(C#N)C2)C1. The van der Waals surface area contributed by atoms with Crippen LogP contribution in [0.3, 0.4) is 0 Å². The molecule has 3 fully saturated rings. The third-order valence-electron chi connectivity index (χ3n) is 4.37. The molecule has 94 valence electrons. The van der Waals surface area contributed by atoms with E-state index in [4.69, 9.17) is 5.26 Å². The van der Waals surface area contributed by atoms with Crippen LogP contribution >= 0.6 is 0 Å². The Balaban J connectivity index is 1.63. The third kappa shape index (κ3) is 1.77. The highest BCUT2D eigenvalue weighted by Gasteiger charge is 2.62. The number of nitrogens with one attached hydrogen (secondary N) is 1. The van der Waals surface area contributed by atoms with Gasteiger partial charge in [0.1, 0.15) is 0 Å². The molecule has 0 radical (unpaired) electrons. The van der Waals surface area contributed by atoms with Crippen molar-refractivity contribution in [3.63, 3.8) is 0 Å². The quantitative estimate of drug-likeness (QED) is 0.796. The van der Waals surface area contributed by atoms with Gasteiger partial charge in [0.25, 0.3) is 10.2 Å². The predicted molar refractivity (Wildman–Crippen MR) is 62.0 cm³/mol. The Bertz CT molecular complexity index is 477. The summed E-state index contributed by atoms with van der Waals surface area (Å²) in [6.45, 7) is 3.03. The first kappa shape index (κ1) is 11.5. The van der Waals surface area contributed by atoms with Crippen LogP contribution < -0.4 is 4.72 Å². The van der Waals surface area contributed by atoms with Gasteiger partial charge in [0.15, 0.2) is 0 Å². The molecular weight excluding hydrogens is 238 g/mol. The maximum absolute atomic E-state index is 12.1. The first-order valence-electron chi connectivity index (χ1n) is 6.14. The van der Waals surface area contributed by atoms with Crippen molar-refractivity contribution < 1.29 is 8.42 Å². The van der Waals surface area contributed by atoms with E-state index < -0.39 is 10.2 Å². The summed E-state index contributed by atoms with van der Waals surface area (Å²) < 4.78 is 28.3. The summed E-state index contributed by atoms with van der Waals surface area (Å²) in [5.41, 5.74) is -0.359. The summed E-state index contributed by atoms with van der Waals surface area (Å²) >= 11 is 0. The molecule has 0 aromatic rings. The Morgan fingerprint density at radius 2 is 2.18 bits per heavy atom. The van der Waals surface area contributed by atoms with Crippen molar-refractivity contribution >= 4 is 10.2 Å². The zero-order valence-corrected chi connectivity index (χ0v) is 10.7. The van der Waals surface area contributed by atoms with E-state index in [-0.39, 0.29) is 17.4 Å². The zero-order valence-electron chi connectivity index (χ0n) is 9.89. The summed E-state index contributed by atoms with van der Waals surface area (Å²) in [7, 11) is -3.36. The normalized spacial score (nSPS) is 44.8. The Morgan fingerprint density at radius 1 is 1.47 bits per heavy atom. The molecule has 17 heavy (non-hydrogen) atoms. The second kappa shape index (κ2) is 3.44. The summed E-state index contributed by atoms with van der Waals surface area (Å²) in [5, 5.41) is 9.03. The molecule has 2 saturated carbocycles. The molecule has 5 nitrogen and oxygen atoms in total. The zero-order chi connectivity index (χ0) is 12.3. The number of hydrogen-bond acceptors (Lipinski definition) is 3. The topological polar surface area (TPSA) is 73.2 Å². The van der Waals surface area contributed by atoms with Gasteiger partial charge in [-0.15, -0.1) is 0 Å². The molecule has 0 aromatic carbocycles. The minimum Gasteiger partial charge on any atom is -0.199 e. The maximum atomic E-state index is 12.1. The van der Waals surface area contributed by atoms with E-state index in [2.05, 4.69) is 17.7 Å². The van der Waals surface area contributed by atoms with Crippen molar-refractivity contribution in [2.45, 2.75) is 32.2 Å². The van der Waals surface area contributed by atoms with Gasteiger partial charge < -0.3 is 0 Å². The lowest BCUT2D eigenvalue weighted by Gasteiger charge is -2.34. The van der Waals surface area contributed by atoms with Crippen LogP contribution in [0, 0.1) is 28.6 Å². The number of piperidine rings is 1. The van der Waals surface area contributed by atoms with Crippen molar-refractivity contribution in [1.82, 2.24) is 9.03 Å². The van der Waals surface area contributed by atoms with E-state index in [1.54, 1.807) is 0 Å². The van der Waals surface area contributed by atoms with E-state index in [9.17, 15) is 8.42 Å². The van der Waals surface area contributed by atoms with Crippen LogP contribution in [0.1, 0.15) is 26.2 Å². The largest absolute Gasteiger partial charge is 0.279 e. The van der Waals surface area contributed by atoms with Crippen LogP contribution in [0.25, 0.3) is 0 Å². The fourth-order valence-corrected chi connectivity index (χ4v) is 4.62. The van der Waals surface area contributed by atoms with Gasteiger partial charge in [-0.3, -0.25) is 0 Å². The first-order chi connectivity index (χ1) is 7.95. The molecule has 3 aliphatic rings. The second-order valence-electron chi connectivity index (χ2n) is 5.86. The Kier molecular flexibility index (Phi) is 2.31. The number of fused-ring (bicyclic) bond motifs is 1. The summed E-state index contributed by atoms with van der Waals surface area (Å²) in [6.07, 6.45) is 2.73. The molecule has 1 aliphatic heterocycles. The molecule has 0 aromatic heterocycles. The van der Waals surface area contributed by atoms with Crippen molar-refractivity contribution in [2.24, 2.45) is 17.3 Å². The fraction of sp³-hybridized carbons (Fsp3) is 0.909. The molecule has 1 heterocycles. The van der Waals surface area contributed by atoms with Gasteiger partial charge in [-0.2, -0.15) is 22.7 Å². The summed E-state index contributed by atoms with van der Waals surface area (Å²) in [5.74, 6) is 0.893. The van der Waals surface area contributed by atoms with Crippen LogP contribution in [0.4, 0.5) is 0 Å². The van der Waals surface area contributed by atoms with E-state index in [0.717, 1.165) is 19.3 Å². The number of nitriles is 1. The van der Waals surface area contributed by atoms with Gasteiger partial charge in [0, 0.05) is 19.1 Å². The van der Waals surface area contributed by atoms with E-state index in [1.807, 2.05) is 0 Å². The van der Waals surface area contributed by atoms with Crippen LogP contribution in [0.2, 0.25) is 0 Å². The second-order valence-corrected chi connectivity index (χ2v) is 7.56. The summed E-state index contributed by atoms with van der Waals surface area (Å²) in [4.78, 5) is 0. The average molecular weight is 255 g/mol. The Hall–Kier alpha value is -0.640. The summed E-state index contributed by atoms with van der Waals surface area (Å²) in [6, 6.07) is 2.37. The highest BCUT2D eigenvalue weighted by molar-refractivity contribution is 7.87. The molecule has 0 amide bonds. The molecule has 3 rings (SSSR count). The standard InChI is InChI=1S/C11H17N3O2S/c1-8-2-10(3-8)13-17(15,16)14-5-9-4-11(9,6-12)7-14/h8-10,13H,2-5,7H2,1H3/t8?,9-,10?,11-/m1/s1. The lowest BCUT2D eigenvalue weighted by atomic mass is 9.83. The van der Waals surface area contributed by atoms with Crippen molar-refractivity contribution in [1.29, 1.82) is 5.26 Å². The molecule has 0 unspecified atom stereocenters. The van der Waals surface area contributed by atoms with Gasteiger partial charge in [-0.05, 0) is 31.1 Å². The van der Waals surface area contributed by atoms with Gasteiger partial charge in [-0.25, -0.2) is 0 Å². The number of rotatable bonds is 3. The maximum Gasteiger partial charge on any atom is 0.279 e. The minimum absolute atomic E-state index is 0.102. The van der Waals surface area contributed by atoms with E-state index in [0.29, 0.717) is 19.0 Å². The number of nitrogens with zero attached hydrogens (tertiary/aromatic N) is 2. The van der Waals surface area contributed by atoms with Crippen molar-refractivity contribution in [3.8, 4) is 6.07 Å². The molecule has 2 atom stereocenters. The lowest BCUT2D eigenvalue weighted by Crippen LogP contribution is -2.49. The average Bonchev–Trinajstić information content (AvgIpc) is 2.79. The van der Waals surface area contributed by atoms with Gasteiger partial charge >= 0.3 is 0 Å². The first-order valence-corrected chi connectivity index (χ1v) is 7.58. The lowest BCUT2D eigenvalue weighted by molar-refractivity contribution is 0.264. The van der Waals surface area contributed by atoms with Crippen LogP contribution in [-0.4, -0.2) is 31.9 Å². The third-order valence-corrected chi connectivity index (χ3v) is 5.96. The smallest absolute Gasteiger partial charge is 0.199 e. The van der Waals surface area contributed by atoms with E-state index in [1.165, 1.54) is 4.31 Å². The highest BCUT2D eigenvalue weighted by atomic mass is 32.2. The monoisotopic (exact) mass is 255 g/mol. The molecule has 1 N–H and O–H groups in total. The van der Waals surface area contributed by atoms with Gasteiger partial charge in [0.05, 0.1) is 11.5 Å². The fourth-order valence-electron chi connectivity index (χ4n) is 3.08. The Labute approximate surface area is 102 Å². The number of hydrogen-bond donors (Lipinski definition) is 1. The van der Waals surface area contributed by atoms with E-state index >= 15 is 0 Å². The van der Waals surface area contributed by atoms with Crippen LogP contribution in [0.15, 0.2) is 0 Å². The van der Waals surface area contributed by atoms with Crippen LogP contribution in [0.5, 0.6) is 0 Å². The molecule has 1 saturated heterocycles. The Morgan fingerprint density at radius 3 is 2.71 bits per heavy atom. The molecular formula is C11H17N3O2S. The van der Waals surface area contributed by atoms with Crippen molar-refractivity contribution in [2.75, 3.05) is 13.1 Å². The molecule has 0 spiro atoms. The van der Waals surface area contributed by atoms with Crippen molar-refractivity contribution in [3.05, 3.63) is 0 Å². The highest BCUT2D eigenvalue weighted by Crippen LogP contribution is 2.57. The molecule has 6 heteroatoms.